The normalized spacial score (nSPS) is 31.9. The summed E-state index contributed by atoms with van der Waals surface area (Å²) < 4.78 is 12.6. The SMILES string of the molecule is C[C@@H]1C(=O)CC[C@H]1/C(=C/[Si](C)(C)C)B1OC(C)(C)C(C)(C)O1. The smallest absolute Gasteiger partial charge is 0.400 e. The zero-order chi connectivity index (χ0) is 16.9. The maximum absolute atomic E-state index is 12.0. The number of rotatable bonds is 3. The van der Waals surface area contributed by atoms with Crippen LogP contribution in [0.25, 0.3) is 0 Å². The predicted octanol–water partition coefficient (Wildman–Crippen LogP) is 4.04. The summed E-state index contributed by atoms with van der Waals surface area (Å²) in [5.74, 6) is 0.735. The van der Waals surface area contributed by atoms with Crippen LogP contribution in [0.4, 0.5) is 0 Å². The highest BCUT2D eigenvalue weighted by Crippen LogP contribution is 2.43. The number of Topliss-reactive ketones (excluding diaryl/α,β-unsaturated/α-hetero) is 1. The van der Waals surface area contributed by atoms with Gasteiger partial charge in [-0.1, -0.05) is 32.3 Å². The molecule has 1 saturated carbocycles. The molecular formula is C17H31BO3Si. The number of allylic oxidation sites excluding steroid dienone is 1. The molecule has 1 heterocycles. The molecule has 2 atom stereocenters. The molecule has 1 aliphatic heterocycles. The van der Waals surface area contributed by atoms with Crippen molar-refractivity contribution in [2.45, 2.75) is 78.3 Å². The van der Waals surface area contributed by atoms with Crippen LogP contribution in [0.1, 0.15) is 47.5 Å². The first-order chi connectivity index (χ1) is 9.84. The first kappa shape index (κ1) is 18.0. The van der Waals surface area contributed by atoms with Gasteiger partial charge in [-0.3, -0.25) is 4.79 Å². The Kier molecular flexibility index (Phi) is 4.57. The van der Waals surface area contributed by atoms with Crippen molar-refractivity contribution in [2.24, 2.45) is 11.8 Å². The molecule has 0 aromatic rings. The Labute approximate surface area is 137 Å². The van der Waals surface area contributed by atoms with E-state index >= 15 is 0 Å². The topological polar surface area (TPSA) is 35.5 Å². The summed E-state index contributed by atoms with van der Waals surface area (Å²) in [6.07, 6.45) is 1.62. The quantitative estimate of drug-likeness (QED) is 0.736. The predicted molar refractivity (Wildman–Crippen MR) is 94.4 cm³/mol. The van der Waals surface area contributed by atoms with Gasteiger partial charge in [-0.05, 0) is 45.5 Å². The molecule has 1 aliphatic carbocycles. The van der Waals surface area contributed by atoms with E-state index in [0.717, 1.165) is 6.42 Å². The zero-order valence-electron chi connectivity index (χ0n) is 15.4. The molecule has 2 fully saturated rings. The van der Waals surface area contributed by atoms with Gasteiger partial charge in [-0.25, -0.2) is 0 Å². The fraction of sp³-hybridized carbons (Fsp3) is 0.824. The molecule has 0 spiro atoms. The van der Waals surface area contributed by atoms with Gasteiger partial charge in [0.25, 0.3) is 0 Å². The van der Waals surface area contributed by atoms with Crippen LogP contribution in [0.5, 0.6) is 0 Å². The van der Waals surface area contributed by atoms with Crippen molar-refractivity contribution in [3.05, 3.63) is 11.2 Å². The number of hydrogen-bond acceptors (Lipinski definition) is 3. The third-order valence-electron chi connectivity index (χ3n) is 5.37. The Morgan fingerprint density at radius 2 is 1.68 bits per heavy atom. The molecule has 2 aliphatic rings. The highest BCUT2D eigenvalue weighted by atomic mass is 28.3. The van der Waals surface area contributed by atoms with E-state index in [4.69, 9.17) is 9.31 Å². The van der Waals surface area contributed by atoms with E-state index in [-0.39, 0.29) is 30.2 Å². The maximum Gasteiger partial charge on any atom is 0.490 e. The van der Waals surface area contributed by atoms with E-state index in [9.17, 15) is 4.79 Å². The third kappa shape index (κ3) is 3.41. The molecule has 2 rings (SSSR count). The van der Waals surface area contributed by atoms with Crippen molar-refractivity contribution in [3.8, 4) is 0 Å². The molecule has 0 N–H and O–H groups in total. The summed E-state index contributed by atoms with van der Waals surface area (Å²) in [5.41, 5.74) is 2.95. The van der Waals surface area contributed by atoms with Crippen LogP contribution in [0.15, 0.2) is 11.2 Å². The van der Waals surface area contributed by atoms with Gasteiger partial charge < -0.3 is 9.31 Å². The molecule has 0 radical (unpaired) electrons. The minimum Gasteiger partial charge on any atom is -0.400 e. The zero-order valence-corrected chi connectivity index (χ0v) is 16.4. The lowest BCUT2D eigenvalue weighted by Crippen LogP contribution is -2.41. The Hall–Kier alpha value is -0.388. The molecule has 1 saturated heterocycles. The molecule has 0 amide bonds. The fourth-order valence-corrected chi connectivity index (χ4v) is 4.63. The summed E-state index contributed by atoms with van der Waals surface area (Å²) >= 11 is 0. The third-order valence-corrected chi connectivity index (χ3v) is 6.57. The first-order valence-electron chi connectivity index (χ1n) is 8.45. The molecule has 3 nitrogen and oxygen atoms in total. The van der Waals surface area contributed by atoms with E-state index in [1.807, 2.05) is 0 Å². The number of hydrogen-bond donors (Lipinski definition) is 0. The van der Waals surface area contributed by atoms with Gasteiger partial charge in [0, 0.05) is 12.3 Å². The molecular weight excluding hydrogens is 291 g/mol. The second-order valence-corrected chi connectivity index (χ2v) is 14.0. The number of carbonyl (C=O) groups excluding carboxylic acids is 1. The minimum absolute atomic E-state index is 0.0848. The Balaban J connectivity index is 2.36. The summed E-state index contributed by atoms with van der Waals surface area (Å²) in [6, 6.07) is 0. The van der Waals surface area contributed by atoms with Gasteiger partial charge in [-0.2, -0.15) is 0 Å². The van der Waals surface area contributed by atoms with Crippen molar-refractivity contribution in [1.82, 2.24) is 0 Å². The largest absolute Gasteiger partial charge is 0.490 e. The van der Waals surface area contributed by atoms with Gasteiger partial charge in [-0.15, -0.1) is 0 Å². The lowest BCUT2D eigenvalue weighted by Gasteiger charge is -2.32. The van der Waals surface area contributed by atoms with Gasteiger partial charge in [0.2, 0.25) is 0 Å². The van der Waals surface area contributed by atoms with Crippen LogP contribution < -0.4 is 0 Å². The minimum atomic E-state index is -1.43. The van der Waals surface area contributed by atoms with Crippen molar-refractivity contribution >= 4 is 21.0 Å². The van der Waals surface area contributed by atoms with Crippen LogP contribution in [0.3, 0.4) is 0 Å². The molecule has 22 heavy (non-hydrogen) atoms. The molecule has 5 heteroatoms. The van der Waals surface area contributed by atoms with Gasteiger partial charge in [0.05, 0.1) is 19.3 Å². The number of carbonyl (C=O) groups is 1. The van der Waals surface area contributed by atoms with Crippen molar-refractivity contribution in [3.63, 3.8) is 0 Å². The summed E-state index contributed by atoms with van der Waals surface area (Å²) in [6.45, 7) is 17.4. The van der Waals surface area contributed by atoms with Crippen molar-refractivity contribution in [1.29, 1.82) is 0 Å². The van der Waals surface area contributed by atoms with E-state index in [0.29, 0.717) is 12.2 Å². The lowest BCUT2D eigenvalue weighted by molar-refractivity contribution is -0.120. The fourth-order valence-electron chi connectivity index (χ4n) is 3.28. The average Bonchev–Trinajstić information content (AvgIpc) is 2.74. The van der Waals surface area contributed by atoms with Crippen LogP contribution in [0, 0.1) is 11.8 Å². The lowest BCUT2D eigenvalue weighted by atomic mass is 9.69. The monoisotopic (exact) mass is 322 g/mol. The van der Waals surface area contributed by atoms with Gasteiger partial charge >= 0.3 is 7.12 Å². The Morgan fingerprint density at radius 1 is 1.18 bits per heavy atom. The molecule has 0 aromatic heterocycles. The molecule has 0 unspecified atom stereocenters. The van der Waals surface area contributed by atoms with E-state index in [2.05, 4.69) is 60.0 Å². The highest BCUT2D eigenvalue weighted by Gasteiger charge is 2.54. The second-order valence-electron chi connectivity index (χ2n) is 9.00. The molecule has 124 valence electrons. The van der Waals surface area contributed by atoms with E-state index < -0.39 is 8.07 Å². The summed E-state index contributed by atoms with van der Waals surface area (Å²) in [4.78, 5) is 12.0. The second kappa shape index (κ2) is 5.60. The average molecular weight is 322 g/mol. The van der Waals surface area contributed by atoms with Crippen LogP contribution in [-0.4, -0.2) is 32.2 Å². The van der Waals surface area contributed by atoms with Crippen molar-refractivity contribution < 1.29 is 14.1 Å². The van der Waals surface area contributed by atoms with Crippen molar-refractivity contribution in [2.75, 3.05) is 0 Å². The van der Waals surface area contributed by atoms with Crippen LogP contribution >= 0.6 is 0 Å². The highest BCUT2D eigenvalue weighted by molar-refractivity contribution is 6.82. The van der Waals surface area contributed by atoms with Crippen LogP contribution in [-0.2, 0) is 14.1 Å². The Bertz CT molecular complexity index is 475. The first-order valence-corrected chi connectivity index (χ1v) is 12.0. The van der Waals surface area contributed by atoms with E-state index in [1.165, 1.54) is 5.47 Å². The summed E-state index contributed by atoms with van der Waals surface area (Å²) in [7, 11) is -1.74. The van der Waals surface area contributed by atoms with Crippen LogP contribution in [0.2, 0.25) is 19.6 Å². The van der Waals surface area contributed by atoms with Gasteiger partial charge in [0.15, 0.2) is 0 Å². The standard InChI is InChI=1S/C17H31BO3Si/c1-12-13(9-10-15(12)19)14(11-22(6,7)8)18-20-16(2,3)17(4,5)21-18/h11-13H,9-10H2,1-8H3/b14-11-/t12-,13+/m0/s1. The number of ketones is 1. The Morgan fingerprint density at radius 3 is 2.05 bits per heavy atom. The van der Waals surface area contributed by atoms with E-state index in [1.54, 1.807) is 0 Å². The molecule has 0 bridgehead atoms. The molecule has 0 aromatic carbocycles. The summed E-state index contributed by atoms with van der Waals surface area (Å²) in [5, 5.41) is 0. The maximum atomic E-state index is 12.0. The van der Waals surface area contributed by atoms with Gasteiger partial charge in [0.1, 0.15) is 5.78 Å².